The number of hydrogen-bond acceptors (Lipinski definition) is 7. The molecule has 5 aromatic rings. The number of aromatic amines is 2. The van der Waals surface area contributed by atoms with Crippen LogP contribution in [0.1, 0.15) is 10.6 Å². The molecular formula is C23H17F2N9O. The van der Waals surface area contributed by atoms with Gasteiger partial charge in [0.2, 0.25) is 0 Å². The molecule has 0 spiro atoms. The van der Waals surface area contributed by atoms with Crippen molar-refractivity contribution in [2.45, 2.75) is 5.92 Å². The molecule has 0 bridgehead atoms. The largest absolute Gasteiger partial charge is 0.340 e. The van der Waals surface area contributed by atoms with Gasteiger partial charge < -0.3 is 15.2 Å². The summed E-state index contributed by atoms with van der Waals surface area (Å²) in [6.07, 6.45) is 3.29. The van der Waals surface area contributed by atoms with Gasteiger partial charge in [-0.25, -0.2) is 23.7 Å². The van der Waals surface area contributed by atoms with Gasteiger partial charge in [-0.05, 0) is 36.4 Å². The van der Waals surface area contributed by atoms with Gasteiger partial charge in [0.05, 0.1) is 30.3 Å². The Morgan fingerprint density at radius 2 is 1.83 bits per heavy atom. The highest BCUT2D eigenvalue weighted by atomic mass is 19.3. The minimum Gasteiger partial charge on any atom is -0.340 e. The van der Waals surface area contributed by atoms with Crippen molar-refractivity contribution in [3.05, 3.63) is 66.7 Å². The molecule has 0 aliphatic carbocycles. The monoisotopic (exact) mass is 473 g/mol. The Hall–Kier alpha value is -4.74. The number of likely N-dealkylation sites (tertiary alicyclic amines) is 1. The highest BCUT2D eigenvalue weighted by molar-refractivity contribution is 5.95. The van der Waals surface area contributed by atoms with Crippen LogP contribution in [0.25, 0.3) is 33.7 Å². The highest BCUT2D eigenvalue weighted by Gasteiger charge is 2.47. The number of alkyl halides is 2. The lowest BCUT2D eigenvalue weighted by Gasteiger charge is -2.37. The SMILES string of the molecule is O=C(c1nc2ccc(-c3nccc(Nc4ccc(-c5cn[nH]n5)cc4)n3)cc2[nH]1)N1CC(F)(F)C1. The number of imidazole rings is 1. The first kappa shape index (κ1) is 20.8. The van der Waals surface area contributed by atoms with Gasteiger partial charge in [0, 0.05) is 23.0 Å². The first-order valence-corrected chi connectivity index (χ1v) is 10.7. The molecule has 1 aliphatic heterocycles. The third-order valence-electron chi connectivity index (χ3n) is 5.60. The van der Waals surface area contributed by atoms with Crippen LogP contribution in [0, 0.1) is 0 Å². The number of hydrogen-bond donors (Lipinski definition) is 3. The molecule has 0 radical (unpaired) electrons. The Bertz CT molecular complexity index is 1520. The van der Waals surface area contributed by atoms with Gasteiger partial charge in [-0.1, -0.05) is 12.1 Å². The van der Waals surface area contributed by atoms with Crippen LogP contribution in [-0.2, 0) is 0 Å². The minimum absolute atomic E-state index is 0.0260. The molecule has 4 heterocycles. The molecular weight excluding hydrogens is 456 g/mol. The Balaban J connectivity index is 1.21. The average molecular weight is 473 g/mol. The third-order valence-corrected chi connectivity index (χ3v) is 5.60. The number of halogens is 2. The van der Waals surface area contributed by atoms with E-state index in [0.717, 1.165) is 21.8 Å². The van der Waals surface area contributed by atoms with E-state index in [1.807, 2.05) is 24.3 Å². The summed E-state index contributed by atoms with van der Waals surface area (Å²) in [4.78, 5) is 29.6. The van der Waals surface area contributed by atoms with Gasteiger partial charge in [-0.15, -0.1) is 0 Å². The Kier molecular flexibility index (Phi) is 4.73. The Labute approximate surface area is 196 Å². The Morgan fingerprint density at radius 3 is 2.57 bits per heavy atom. The third kappa shape index (κ3) is 4.05. The summed E-state index contributed by atoms with van der Waals surface area (Å²) in [5.74, 6) is -2.28. The molecule has 3 aromatic heterocycles. The van der Waals surface area contributed by atoms with E-state index in [-0.39, 0.29) is 5.82 Å². The molecule has 1 aliphatic rings. The van der Waals surface area contributed by atoms with Crippen molar-refractivity contribution < 1.29 is 13.6 Å². The Morgan fingerprint density at radius 1 is 1.03 bits per heavy atom. The zero-order chi connectivity index (χ0) is 24.0. The highest BCUT2D eigenvalue weighted by Crippen LogP contribution is 2.29. The van der Waals surface area contributed by atoms with E-state index in [1.165, 1.54) is 0 Å². The second kappa shape index (κ2) is 7.94. The van der Waals surface area contributed by atoms with Crippen LogP contribution < -0.4 is 5.32 Å². The number of amides is 1. The predicted octanol–water partition coefficient (Wildman–Crippen LogP) is 3.64. The van der Waals surface area contributed by atoms with E-state index in [0.29, 0.717) is 28.2 Å². The number of rotatable bonds is 5. The fourth-order valence-electron chi connectivity index (χ4n) is 3.84. The van der Waals surface area contributed by atoms with Gasteiger partial charge >= 0.3 is 0 Å². The minimum atomic E-state index is -2.83. The lowest BCUT2D eigenvalue weighted by molar-refractivity contribution is -0.113. The summed E-state index contributed by atoms with van der Waals surface area (Å²) >= 11 is 0. The number of aromatic nitrogens is 7. The molecule has 0 atom stereocenters. The molecule has 10 nitrogen and oxygen atoms in total. The molecule has 6 rings (SSSR count). The number of fused-ring (bicyclic) bond motifs is 1. The summed E-state index contributed by atoms with van der Waals surface area (Å²) in [6, 6.07) is 14.7. The first-order chi connectivity index (χ1) is 16.9. The fraction of sp³-hybridized carbons (Fsp3) is 0.130. The molecule has 174 valence electrons. The molecule has 12 heteroatoms. The van der Waals surface area contributed by atoms with Crippen molar-refractivity contribution in [2.75, 3.05) is 18.4 Å². The molecule has 1 saturated heterocycles. The lowest BCUT2D eigenvalue weighted by Crippen LogP contribution is -2.58. The van der Waals surface area contributed by atoms with Gasteiger partial charge in [0.1, 0.15) is 11.5 Å². The molecule has 2 aromatic carbocycles. The number of carbonyl (C=O) groups is 1. The summed E-state index contributed by atoms with van der Waals surface area (Å²) in [5.41, 5.74) is 4.37. The standard InChI is InChI=1S/C23H17F2N9O/c24-23(25)11-34(12-23)22(35)21-29-16-6-3-14(9-17(16)30-21)20-26-8-7-19(31-20)28-15-4-1-13(2-5-15)18-10-27-33-32-18/h1-10H,11-12H2,(H,29,30)(H,26,28,31)(H,27,32,33). The van der Waals surface area contributed by atoms with Crippen molar-refractivity contribution in [2.24, 2.45) is 0 Å². The molecule has 0 unspecified atom stereocenters. The fourth-order valence-corrected chi connectivity index (χ4v) is 3.84. The van der Waals surface area contributed by atoms with Crippen LogP contribution in [0.15, 0.2) is 60.9 Å². The van der Waals surface area contributed by atoms with Gasteiger partial charge in [0.15, 0.2) is 11.6 Å². The number of nitrogens with zero attached hydrogens (tertiary/aromatic N) is 6. The molecule has 3 N–H and O–H groups in total. The summed E-state index contributed by atoms with van der Waals surface area (Å²) in [5, 5.41) is 13.7. The summed E-state index contributed by atoms with van der Waals surface area (Å²) in [7, 11) is 0. The van der Waals surface area contributed by atoms with Crippen LogP contribution in [0.5, 0.6) is 0 Å². The zero-order valence-corrected chi connectivity index (χ0v) is 18.0. The van der Waals surface area contributed by atoms with Crippen molar-refractivity contribution in [3.8, 4) is 22.6 Å². The normalized spacial score (nSPS) is 14.6. The first-order valence-electron chi connectivity index (χ1n) is 10.7. The predicted molar refractivity (Wildman–Crippen MR) is 123 cm³/mol. The number of anilines is 2. The number of benzene rings is 2. The maximum absolute atomic E-state index is 13.1. The molecule has 1 amide bonds. The van der Waals surface area contributed by atoms with E-state index in [4.69, 9.17) is 0 Å². The summed E-state index contributed by atoms with van der Waals surface area (Å²) in [6.45, 7) is -1.19. The lowest BCUT2D eigenvalue weighted by atomic mass is 10.1. The maximum atomic E-state index is 13.1. The zero-order valence-electron chi connectivity index (χ0n) is 18.0. The van der Waals surface area contributed by atoms with Crippen LogP contribution in [-0.4, -0.2) is 65.2 Å². The van der Waals surface area contributed by atoms with Crippen LogP contribution in [0.3, 0.4) is 0 Å². The number of carbonyl (C=O) groups excluding carboxylic acids is 1. The van der Waals surface area contributed by atoms with Crippen LogP contribution in [0.4, 0.5) is 20.3 Å². The van der Waals surface area contributed by atoms with E-state index in [2.05, 4.69) is 40.7 Å². The molecule has 1 fully saturated rings. The van der Waals surface area contributed by atoms with Gasteiger partial charge in [0.25, 0.3) is 11.8 Å². The van der Waals surface area contributed by atoms with Gasteiger partial charge in [-0.3, -0.25) is 4.79 Å². The van der Waals surface area contributed by atoms with E-state index in [9.17, 15) is 13.6 Å². The van der Waals surface area contributed by atoms with Crippen molar-refractivity contribution in [1.82, 2.24) is 40.2 Å². The molecule has 35 heavy (non-hydrogen) atoms. The summed E-state index contributed by atoms with van der Waals surface area (Å²) < 4.78 is 26.2. The van der Waals surface area contributed by atoms with Crippen LogP contribution >= 0.6 is 0 Å². The van der Waals surface area contributed by atoms with Crippen molar-refractivity contribution >= 4 is 28.4 Å². The quantitative estimate of drug-likeness (QED) is 0.355. The number of H-pyrrole nitrogens is 2. The van der Waals surface area contributed by atoms with Crippen molar-refractivity contribution in [3.63, 3.8) is 0 Å². The topological polar surface area (TPSA) is 128 Å². The van der Waals surface area contributed by atoms with Gasteiger partial charge in [-0.2, -0.15) is 15.4 Å². The van der Waals surface area contributed by atoms with E-state index < -0.39 is 24.9 Å². The van der Waals surface area contributed by atoms with Crippen LogP contribution in [0.2, 0.25) is 0 Å². The average Bonchev–Trinajstić information content (AvgIpc) is 3.52. The van der Waals surface area contributed by atoms with E-state index >= 15 is 0 Å². The maximum Gasteiger partial charge on any atom is 0.290 e. The van der Waals surface area contributed by atoms with Crippen molar-refractivity contribution in [1.29, 1.82) is 0 Å². The second-order valence-electron chi connectivity index (χ2n) is 8.16. The number of nitrogens with one attached hydrogen (secondary N) is 3. The smallest absolute Gasteiger partial charge is 0.290 e. The molecule has 0 saturated carbocycles. The van der Waals surface area contributed by atoms with E-state index in [1.54, 1.807) is 36.7 Å². The second-order valence-corrected chi connectivity index (χ2v) is 8.16.